The molecule has 0 spiro atoms. The van der Waals surface area contributed by atoms with E-state index in [1.165, 1.54) is 11.8 Å². The molecule has 0 bridgehead atoms. The maximum atomic E-state index is 5.62. The normalized spacial score (nSPS) is 11.9. The smallest absolute Gasteiger partial charge is 0.239 e. The van der Waals surface area contributed by atoms with Crippen molar-refractivity contribution in [3.63, 3.8) is 0 Å². The van der Waals surface area contributed by atoms with Crippen molar-refractivity contribution in [1.29, 1.82) is 0 Å². The molecule has 0 amide bonds. The predicted molar refractivity (Wildman–Crippen MR) is 75.1 cm³/mol. The number of anilines is 1. The van der Waals surface area contributed by atoms with Gasteiger partial charge in [-0.3, -0.25) is 4.98 Å². The lowest BCUT2D eigenvalue weighted by molar-refractivity contribution is 0.460. The zero-order valence-electron chi connectivity index (χ0n) is 11.1. The van der Waals surface area contributed by atoms with Gasteiger partial charge >= 0.3 is 0 Å². The number of nitrogens with zero attached hydrogens (tertiary/aromatic N) is 2. The Hall–Kier alpha value is -2.14. The summed E-state index contributed by atoms with van der Waals surface area (Å²) in [4.78, 5) is 8.12. The summed E-state index contributed by atoms with van der Waals surface area (Å²) in [6.07, 6.45) is 4.19. The largest absolute Gasteiger partial charge is 0.437 e. The van der Waals surface area contributed by atoms with Gasteiger partial charge in [-0.2, -0.15) is 4.98 Å². The number of benzene rings is 1. The molecular weight excluding hydrogens is 240 g/mol. The quantitative estimate of drug-likeness (QED) is 0.637. The number of hydrogen-bond donors (Lipinski definition) is 2. The Kier molecular flexibility index (Phi) is 4.30. The molecule has 2 rings (SSSR count). The minimum absolute atomic E-state index is 0.409. The molecule has 100 valence electrons. The van der Waals surface area contributed by atoms with Crippen molar-refractivity contribution < 1.29 is 4.74 Å². The highest BCUT2D eigenvalue weighted by molar-refractivity contribution is 5.35. The lowest BCUT2D eigenvalue weighted by Gasteiger charge is -2.10. The molecule has 1 aromatic heterocycles. The van der Waals surface area contributed by atoms with Gasteiger partial charge in [0.25, 0.3) is 0 Å². The van der Waals surface area contributed by atoms with Gasteiger partial charge in [-0.15, -0.1) is 0 Å². The van der Waals surface area contributed by atoms with Gasteiger partial charge in [-0.25, -0.2) is 5.84 Å². The van der Waals surface area contributed by atoms with E-state index in [1.54, 1.807) is 6.20 Å². The Morgan fingerprint density at radius 2 is 2.00 bits per heavy atom. The first-order valence-electron chi connectivity index (χ1n) is 6.29. The Balaban J connectivity index is 2.10. The second-order valence-electron chi connectivity index (χ2n) is 4.37. The maximum absolute atomic E-state index is 5.62. The summed E-state index contributed by atoms with van der Waals surface area (Å²) in [6.45, 7) is 4.38. The summed E-state index contributed by atoms with van der Waals surface area (Å²) in [7, 11) is 0. The molecule has 3 N–H and O–H groups in total. The van der Waals surface area contributed by atoms with Gasteiger partial charge in [0.05, 0.1) is 12.4 Å². The van der Waals surface area contributed by atoms with Crippen LogP contribution in [0.1, 0.15) is 31.7 Å². The van der Waals surface area contributed by atoms with Crippen molar-refractivity contribution in [3.05, 3.63) is 42.2 Å². The van der Waals surface area contributed by atoms with Crippen molar-refractivity contribution in [2.75, 3.05) is 5.43 Å². The van der Waals surface area contributed by atoms with Crippen molar-refractivity contribution in [3.8, 4) is 11.6 Å². The molecule has 0 saturated heterocycles. The third-order valence-electron chi connectivity index (χ3n) is 3.04. The van der Waals surface area contributed by atoms with Gasteiger partial charge in [0.15, 0.2) is 5.82 Å². The van der Waals surface area contributed by atoms with E-state index in [4.69, 9.17) is 10.6 Å². The molecule has 0 aliphatic carbocycles. The summed E-state index contributed by atoms with van der Waals surface area (Å²) in [5.41, 5.74) is 3.74. The monoisotopic (exact) mass is 258 g/mol. The number of nitrogens with two attached hydrogens (primary N) is 1. The molecule has 0 aliphatic heterocycles. The van der Waals surface area contributed by atoms with Crippen LogP contribution in [0.2, 0.25) is 0 Å². The number of ether oxygens (including phenoxy) is 1. The minimum Gasteiger partial charge on any atom is -0.437 e. The first-order chi connectivity index (χ1) is 9.22. The van der Waals surface area contributed by atoms with E-state index in [9.17, 15) is 0 Å². The molecule has 0 radical (unpaired) electrons. The lowest BCUT2D eigenvalue weighted by Crippen LogP contribution is -2.08. The molecule has 0 fully saturated rings. The molecule has 1 atom stereocenters. The van der Waals surface area contributed by atoms with Gasteiger partial charge < -0.3 is 10.2 Å². The number of hydrogen-bond acceptors (Lipinski definition) is 5. The maximum Gasteiger partial charge on any atom is 0.239 e. The average molecular weight is 258 g/mol. The number of aromatic nitrogens is 2. The summed E-state index contributed by atoms with van der Waals surface area (Å²) >= 11 is 0. The summed E-state index contributed by atoms with van der Waals surface area (Å²) < 4.78 is 5.62. The van der Waals surface area contributed by atoms with Gasteiger partial charge in [-0.1, -0.05) is 26.0 Å². The lowest BCUT2D eigenvalue weighted by atomic mass is 9.99. The highest BCUT2D eigenvalue weighted by Gasteiger charge is 2.04. The average Bonchev–Trinajstić information content (AvgIpc) is 2.47. The number of hydrazine groups is 1. The highest BCUT2D eigenvalue weighted by Crippen LogP contribution is 2.24. The van der Waals surface area contributed by atoms with Crippen molar-refractivity contribution in [1.82, 2.24) is 9.97 Å². The molecule has 1 aromatic carbocycles. The fourth-order valence-corrected chi connectivity index (χ4v) is 1.69. The third-order valence-corrected chi connectivity index (χ3v) is 3.04. The van der Waals surface area contributed by atoms with E-state index in [-0.39, 0.29) is 0 Å². The fourth-order valence-electron chi connectivity index (χ4n) is 1.69. The topological polar surface area (TPSA) is 73.1 Å². The zero-order valence-corrected chi connectivity index (χ0v) is 11.1. The van der Waals surface area contributed by atoms with E-state index in [0.29, 0.717) is 17.6 Å². The van der Waals surface area contributed by atoms with Crippen LogP contribution in [0.25, 0.3) is 0 Å². The number of nitrogens with one attached hydrogen (secondary N) is 1. The third kappa shape index (κ3) is 3.42. The van der Waals surface area contributed by atoms with Gasteiger partial charge in [0, 0.05) is 0 Å². The van der Waals surface area contributed by atoms with Gasteiger partial charge in [-0.05, 0) is 30.0 Å². The molecular formula is C14H18N4O. The molecule has 1 unspecified atom stereocenters. The summed E-state index contributed by atoms with van der Waals surface area (Å²) in [6, 6.07) is 8.02. The Morgan fingerprint density at radius 3 is 2.63 bits per heavy atom. The highest BCUT2D eigenvalue weighted by atomic mass is 16.5. The van der Waals surface area contributed by atoms with E-state index in [0.717, 1.165) is 12.2 Å². The van der Waals surface area contributed by atoms with Crippen LogP contribution in [0.15, 0.2) is 36.7 Å². The Bertz CT molecular complexity index is 527. The van der Waals surface area contributed by atoms with Crippen LogP contribution in [0, 0.1) is 0 Å². The summed E-state index contributed by atoms with van der Waals surface area (Å²) in [5, 5.41) is 0. The Labute approximate surface area is 112 Å². The first-order valence-corrected chi connectivity index (χ1v) is 6.29. The van der Waals surface area contributed by atoms with Crippen LogP contribution < -0.4 is 16.0 Å². The van der Waals surface area contributed by atoms with E-state index >= 15 is 0 Å². The van der Waals surface area contributed by atoms with Crippen LogP contribution in [-0.2, 0) is 0 Å². The molecule has 5 heteroatoms. The summed E-state index contributed by atoms with van der Waals surface area (Å²) in [5.74, 6) is 7.43. The second kappa shape index (κ2) is 6.15. The predicted octanol–water partition coefficient (Wildman–Crippen LogP) is 3.07. The SMILES string of the molecule is CCC(C)c1ccc(Oc2cncc(NN)n2)cc1. The minimum atomic E-state index is 0.409. The van der Waals surface area contributed by atoms with E-state index < -0.39 is 0 Å². The molecule has 19 heavy (non-hydrogen) atoms. The molecule has 1 heterocycles. The second-order valence-corrected chi connectivity index (χ2v) is 4.37. The van der Waals surface area contributed by atoms with E-state index in [2.05, 4.69) is 41.4 Å². The Morgan fingerprint density at radius 1 is 1.26 bits per heavy atom. The molecule has 2 aromatic rings. The molecule has 0 aliphatic rings. The zero-order chi connectivity index (χ0) is 13.7. The molecule has 0 saturated carbocycles. The van der Waals surface area contributed by atoms with Crippen LogP contribution >= 0.6 is 0 Å². The van der Waals surface area contributed by atoms with Crippen LogP contribution in [-0.4, -0.2) is 9.97 Å². The van der Waals surface area contributed by atoms with Crippen molar-refractivity contribution >= 4 is 5.82 Å². The van der Waals surface area contributed by atoms with Crippen LogP contribution in [0.4, 0.5) is 5.82 Å². The van der Waals surface area contributed by atoms with E-state index in [1.807, 2.05) is 12.1 Å². The van der Waals surface area contributed by atoms with Crippen molar-refractivity contribution in [2.45, 2.75) is 26.2 Å². The fraction of sp³-hybridized carbons (Fsp3) is 0.286. The van der Waals surface area contributed by atoms with Gasteiger partial charge in [0.1, 0.15) is 5.75 Å². The number of rotatable bonds is 5. The number of nitrogen functional groups attached to an aromatic ring is 1. The van der Waals surface area contributed by atoms with Crippen LogP contribution in [0.5, 0.6) is 11.6 Å². The first kappa shape index (κ1) is 13.3. The molecule has 5 nitrogen and oxygen atoms in total. The van der Waals surface area contributed by atoms with Gasteiger partial charge in [0.2, 0.25) is 5.88 Å². The standard InChI is InChI=1S/C14H18N4O/c1-3-10(2)11-4-6-12(7-5-11)19-14-9-16-8-13(17-14)18-15/h4-10H,3,15H2,1-2H3,(H,17,18). The van der Waals surface area contributed by atoms with Crippen LogP contribution in [0.3, 0.4) is 0 Å². The van der Waals surface area contributed by atoms with Crippen molar-refractivity contribution in [2.24, 2.45) is 5.84 Å².